The lowest BCUT2D eigenvalue weighted by Crippen LogP contribution is -2.16. The third-order valence-corrected chi connectivity index (χ3v) is 3.75. The molecule has 3 nitrogen and oxygen atoms in total. The van der Waals surface area contributed by atoms with Crippen molar-refractivity contribution < 1.29 is 13.2 Å². The van der Waals surface area contributed by atoms with Crippen molar-refractivity contribution in [3.05, 3.63) is 57.1 Å². The van der Waals surface area contributed by atoms with Crippen LogP contribution in [0.2, 0.25) is 0 Å². The molecule has 0 fully saturated rings. The van der Waals surface area contributed by atoms with Crippen LogP contribution in [-0.4, -0.2) is 9.97 Å². The Hall–Kier alpha value is -1.47. The Labute approximate surface area is 127 Å². The van der Waals surface area contributed by atoms with E-state index in [0.29, 0.717) is 12.2 Å². The van der Waals surface area contributed by atoms with Crippen LogP contribution in [0.1, 0.15) is 28.3 Å². The summed E-state index contributed by atoms with van der Waals surface area (Å²) in [6.45, 7) is 0.522. The van der Waals surface area contributed by atoms with Crippen molar-refractivity contribution in [3.63, 3.8) is 0 Å². The lowest BCUT2D eigenvalue weighted by atomic mass is 10.1. The van der Waals surface area contributed by atoms with Gasteiger partial charge in [0, 0.05) is 29.5 Å². The van der Waals surface area contributed by atoms with Gasteiger partial charge in [0.05, 0.1) is 5.69 Å². The van der Waals surface area contributed by atoms with Gasteiger partial charge in [0.2, 0.25) is 0 Å². The predicted octanol–water partition coefficient (Wildman–Crippen LogP) is 3.45. The largest absolute Gasteiger partial charge is 0.433 e. The SMILES string of the molecule is FC(F)(F)c1nc(Cc2cccc(Br)c2)nc2c1CNC2. The first-order valence-corrected chi connectivity index (χ1v) is 7.14. The maximum absolute atomic E-state index is 13.1. The Morgan fingerprint density at radius 2 is 2.00 bits per heavy atom. The Kier molecular flexibility index (Phi) is 3.71. The van der Waals surface area contributed by atoms with Gasteiger partial charge in [0.15, 0.2) is 5.69 Å². The van der Waals surface area contributed by atoms with Gasteiger partial charge in [-0.25, -0.2) is 9.97 Å². The maximum Gasteiger partial charge on any atom is 0.433 e. The second-order valence-electron chi connectivity index (χ2n) is 4.82. The highest BCUT2D eigenvalue weighted by Crippen LogP contribution is 2.33. The number of rotatable bonds is 2. The monoisotopic (exact) mass is 357 g/mol. The first-order chi connectivity index (χ1) is 9.93. The van der Waals surface area contributed by atoms with Crippen molar-refractivity contribution >= 4 is 15.9 Å². The molecule has 1 aromatic heterocycles. The summed E-state index contributed by atoms with van der Waals surface area (Å²) in [6, 6.07) is 7.38. The van der Waals surface area contributed by atoms with Gasteiger partial charge in [-0.2, -0.15) is 13.2 Å². The van der Waals surface area contributed by atoms with Crippen molar-refractivity contribution in [1.82, 2.24) is 15.3 Å². The van der Waals surface area contributed by atoms with Crippen molar-refractivity contribution in [2.45, 2.75) is 25.7 Å². The lowest BCUT2D eigenvalue weighted by Gasteiger charge is -2.12. The molecule has 1 N–H and O–H groups in total. The number of alkyl halides is 3. The standard InChI is InChI=1S/C14H11BrF3N3/c15-9-3-1-2-8(4-9)5-12-20-11-7-19-6-10(11)13(21-12)14(16,17)18/h1-4,19H,5-7H2. The minimum Gasteiger partial charge on any atom is -0.307 e. The number of hydrogen-bond acceptors (Lipinski definition) is 3. The molecule has 1 aliphatic heterocycles. The van der Waals surface area contributed by atoms with Crippen LogP contribution in [-0.2, 0) is 25.7 Å². The first-order valence-electron chi connectivity index (χ1n) is 6.34. The molecule has 0 bridgehead atoms. The molecule has 21 heavy (non-hydrogen) atoms. The van der Waals surface area contributed by atoms with Gasteiger partial charge in [-0.1, -0.05) is 28.1 Å². The average Bonchev–Trinajstić information content (AvgIpc) is 2.84. The maximum atomic E-state index is 13.1. The zero-order valence-corrected chi connectivity index (χ0v) is 12.4. The van der Waals surface area contributed by atoms with Gasteiger partial charge in [0.1, 0.15) is 5.82 Å². The predicted molar refractivity (Wildman–Crippen MR) is 74.5 cm³/mol. The Balaban J connectivity index is 2.00. The molecule has 3 rings (SSSR count). The van der Waals surface area contributed by atoms with E-state index in [2.05, 4.69) is 31.2 Å². The van der Waals surface area contributed by atoms with E-state index in [1.807, 2.05) is 24.3 Å². The van der Waals surface area contributed by atoms with Gasteiger partial charge in [-0.05, 0) is 17.7 Å². The highest BCUT2D eigenvalue weighted by molar-refractivity contribution is 9.10. The number of benzene rings is 1. The van der Waals surface area contributed by atoms with Crippen LogP contribution >= 0.6 is 15.9 Å². The van der Waals surface area contributed by atoms with Crippen LogP contribution in [0.15, 0.2) is 28.7 Å². The van der Waals surface area contributed by atoms with Gasteiger partial charge >= 0.3 is 6.18 Å². The van der Waals surface area contributed by atoms with E-state index in [0.717, 1.165) is 10.0 Å². The molecule has 0 radical (unpaired) electrons. The highest BCUT2D eigenvalue weighted by Gasteiger charge is 2.38. The molecular formula is C14H11BrF3N3. The fourth-order valence-corrected chi connectivity index (χ4v) is 2.81. The average molecular weight is 358 g/mol. The molecular weight excluding hydrogens is 347 g/mol. The zero-order chi connectivity index (χ0) is 15.0. The number of hydrogen-bond donors (Lipinski definition) is 1. The first kappa shape index (κ1) is 14.5. The quantitative estimate of drug-likeness (QED) is 0.894. The number of aromatic nitrogens is 2. The fourth-order valence-electron chi connectivity index (χ4n) is 2.36. The van der Waals surface area contributed by atoms with E-state index in [9.17, 15) is 13.2 Å². The molecule has 1 aromatic carbocycles. The number of nitrogens with zero attached hydrogens (tertiary/aromatic N) is 2. The van der Waals surface area contributed by atoms with E-state index < -0.39 is 11.9 Å². The molecule has 2 aromatic rings. The Bertz CT molecular complexity index is 686. The van der Waals surface area contributed by atoms with E-state index in [-0.39, 0.29) is 24.4 Å². The second kappa shape index (κ2) is 5.38. The summed E-state index contributed by atoms with van der Waals surface area (Å²) in [5.41, 5.74) is 0.661. The smallest absolute Gasteiger partial charge is 0.307 e. The van der Waals surface area contributed by atoms with Crippen LogP contribution in [0.25, 0.3) is 0 Å². The normalized spacial score (nSPS) is 14.3. The lowest BCUT2D eigenvalue weighted by molar-refractivity contribution is -0.142. The Morgan fingerprint density at radius 1 is 1.19 bits per heavy atom. The molecule has 0 saturated carbocycles. The van der Waals surface area contributed by atoms with E-state index in [4.69, 9.17) is 0 Å². The van der Waals surface area contributed by atoms with Crippen molar-refractivity contribution in [2.24, 2.45) is 0 Å². The number of nitrogens with one attached hydrogen (secondary N) is 1. The summed E-state index contributed by atoms with van der Waals surface area (Å²) >= 11 is 3.34. The Morgan fingerprint density at radius 3 is 2.71 bits per heavy atom. The molecule has 0 aliphatic carbocycles. The summed E-state index contributed by atoms with van der Waals surface area (Å²) in [5, 5.41) is 2.89. The summed E-state index contributed by atoms with van der Waals surface area (Å²) in [5.74, 6) is 0.197. The number of halogens is 4. The molecule has 2 heterocycles. The van der Waals surface area contributed by atoms with Gasteiger partial charge in [0.25, 0.3) is 0 Å². The van der Waals surface area contributed by atoms with Gasteiger partial charge in [-0.15, -0.1) is 0 Å². The molecule has 0 spiro atoms. The van der Waals surface area contributed by atoms with Crippen LogP contribution in [0.5, 0.6) is 0 Å². The van der Waals surface area contributed by atoms with E-state index in [1.54, 1.807) is 0 Å². The molecule has 0 unspecified atom stereocenters. The van der Waals surface area contributed by atoms with Gasteiger partial charge < -0.3 is 5.32 Å². The molecule has 1 aliphatic rings. The highest BCUT2D eigenvalue weighted by atomic mass is 79.9. The fraction of sp³-hybridized carbons (Fsp3) is 0.286. The molecule has 0 amide bonds. The number of fused-ring (bicyclic) bond motifs is 1. The van der Waals surface area contributed by atoms with Crippen LogP contribution in [0.3, 0.4) is 0 Å². The molecule has 0 saturated heterocycles. The zero-order valence-electron chi connectivity index (χ0n) is 10.8. The molecule has 0 atom stereocenters. The minimum absolute atomic E-state index is 0.167. The minimum atomic E-state index is -4.45. The topological polar surface area (TPSA) is 37.8 Å². The van der Waals surface area contributed by atoms with Crippen LogP contribution in [0.4, 0.5) is 13.2 Å². The summed E-state index contributed by atoms with van der Waals surface area (Å²) in [4.78, 5) is 8.01. The third kappa shape index (κ3) is 3.08. The van der Waals surface area contributed by atoms with Crippen molar-refractivity contribution in [1.29, 1.82) is 0 Å². The van der Waals surface area contributed by atoms with E-state index in [1.165, 1.54) is 0 Å². The molecule has 7 heteroatoms. The van der Waals surface area contributed by atoms with Crippen LogP contribution in [0, 0.1) is 0 Å². The van der Waals surface area contributed by atoms with Crippen LogP contribution < -0.4 is 5.32 Å². The summed E-state index contributed by atoms with van der Waals surface area (Å²) < 4.78 is 40.2. The third-order valence-electron chi connectivity index (χ3n) is 3.25. The summed E-state index contributed by atoms with van der Waals surface area (Å²) in [6.07, 6.45) is -4.18. The van der Waals surface area contributed by atoms with Crippen molar-refractivity contribution in [2.75, 3.05) is 0 Å². The van der Waals surface area contributed by atoms with Gasteiger partial charge in [-0.3, -0.25) is 0 Å². The van der Waals surface area contributed by atoms with E-state index >= 15 is 0 Å². The second-order valence-corrected chi connectivity index (χ2v) is 5.74. The summed E-state index contributed by atoms with van der Waals surface area (Å²) in [7, 11) is 0. The molecule has 110 valence electrons. The van der Waals surface area contributed by atoms with Crippen molar-refractivity contribution in [3.8, 4) is 0 Å².